The molecular weight excluding hydrogens is 266 g/mol. The second-order valence-corrected chi connectivity index (χ2v) is 6.63. The van der Waals surface area contributed by atoms with E-state index in [4.69, 9.17) is 0 Å². The highest BCUT2D eigenvalue weighted by Gasteiger charge is 2.24. The smallest absolute Gasteiger partial charge is 0.315 e. The minimum Gasteiger partial charge on any atom is -0.396 e. The van der Waals surface area contributed by atoms with Gasteiger partial charge in [0.15, 0.2) is 0 Å². The number of hydrogen-bond acceptors (Lipinski definition) is 3. The van der Waals surface area contributed by atoms with E-state index >= 15 is 0 Å². The molecular formula is C16H33N3O2. The van der Waals surface area contributed by atoms with Crippen LogP contribution >= 0.6 is 0 Å². The summed E-state index contributed by atoms with van der Waals surface area (Å²) in [6, 6.07) is 0.176. The average Bonchev–Trinajstić information content (AvgIpc) is 2.45. The molecule has 21 heavy (non-hydrogen) atoms. The van der Waals surface area contributed by atoms with Crippen molar-refractivity contribution in [3.8, 4) is 0 Å². The normalized spacial score (nSPS) is 19.3. The van der Waals surface area contributed by atoms with E-state index in [1.165, 1.54) is 32.1 Å². The number of nitrogens with zero attached hydrogens (tertiary/aromatic N) is 1. The summed E-state index contributed by atoms with van der Waals surface area (Å²) < 4.78 is 0. The molecule has 1 aliphatic rings. The van der Waals surface area contributed by atoms with Gasteiger partial charge in [0, 0.05) is 18.7 Å². The fourth-order valence-electron chi connectivity index (χ4n) is 3.06. The van der Waals surface area contributed by atoms with E-state index in [9.17, 15) is 9.90 Å². The van der Waals surface area contributed by atoms with E-state index in [1.54, 1.807) is 0 Å². The third-order valence-electron chi connectivity index (χ3n) is 4.36. The molecule has 0 radical (unpaired) electrons. The molecule has 0 aromatic rings. The van der Waals surface area contributed by atoms with Crippen LogP contribution in [0.25, 0.3) is 0 Å². The Morgan fingerprint density at radius 3 is 2.43 bits per heavy atom. The molecule has 0 aromatic heterocycles. The summed E-state index contributed by atoms with van der Waals surface area (Å²) in [6.07, 6.45) is 7.72. The summed E-state index contributed by atoms with van der Waals surface area (Å²) in [6.45, 7) is 3.13. The van der Waals surface area contributed by atoms with Crippen molar-refractivity contribution in [3.63, 3.8) is 0 Å². The van der Waals surface area contributed by atoms with Crippen molar-refractivity contribution in [3.05, 3.63) is 0 Å². The SMILES string of the molecule is CC(CCN(C)C)NC(=O)NC(CCO)C1CCCCC1. The molecule has 1 fully saturated rings. The number of urea groups is 1. The molecule has 0 saturated heterocycles. The lowest BCUT2D eigenvalue weighted by atomic mass is 9.83. The van der Waals surface area contributed by atoms with Gasteiger partial charge in [-0.25, -0.2) is 4.79 Å². The maximum atomic E-state index is 12.1. The number of carbonyl (C=O) groups excluding carboxylic acids is 1. The number of rotatable bonds is 8. The number of hydrogen-bond donors (Lipinski definition) is 3. The highest BCUT2D eigenvalue weighted by Crippen LogP contribution is 2.27. The molecule has 1 aliphatic carbocycles. The van der Waals surface area contributed by atoms with Gasteiger partial charge < -0.3 is 20.6 Å². The topological polar surface area (TPSA) is 64.6 Å². The van der Waals surface area contributed by atoms with Crippen molar-refractivity contribution in [2.24, 2.45) is 5.92 Å². The zero-order valence-electron chi connectivity index (χ0n) is 13.9. The van der Waals surface area contributed by atoms with Crippen molar-refractivity contribution in [2.75, 3.05) is 27.2 Å². The van der Waals surface area contributed by atoms with Gasteiger partial charge in [-0.15, -0.1) is 0 Å². The number of carbonyl (C=O) groups is 1. The summed E-state index contributed by atoms with van der Waals surface area (Å²) in [5, 5.41) is 15.3. The molecule has 0 spiro atoms. The molecule has 2 atom stereocenters. The first-order valence-corrected chi connectivity index (χ1v) is 8.35. The minimum absolute atomic E-state index is 0.0923. The molecule has 124 valence electrons. The van der Waals surface area contributed by atoms with E-state index < -0.39 is 0 Å². The van der Waals surface area contributed by atoms with Gasteiger partial charge in [-0.2, -0.15) is 0 Å². The fraction of sp³-hybridized carbons (Fsp3) is 0.938. The number of nitrogens with one attached hydrogen (secondary N) is 2. The van der Waals surface area contributed by atoms with Crippen molar-refractivity contribution >= 4 is 6.03 Å². The van der Waals surface area contributed by atoms with Gasteiger partial charge >= 0.3 is 6.03 Å². The summed E-state index contributed by atoms with van der Waals surface area (Å²) in [7, 11) is 4.07. The molecule has 5 nitrogen and oxygen atoms in total. The zero-order chi connectivity index (χ0) is 15.7. The van der Waals surface area contributed by atoms with Gasteiger partial charge in [0.05, 0.1) is 0 Å². The number of amides is 2. The number of aliphatic hydroxyl groups is 1. The molecule has 2 unspecified atom stereocenters. The second-order valence-electron chi connectivity index (χ2n) is 6.63. The quantitative estimate of drug-likeness (QED) is 0.642. The van der Waals surface area contributed by atoms with Crippen molar-refractivity contribution in [2.45, 2.75) is 64.0 Å². The molecule has 3 N–H and O–H groups in total. The highest BCUT2D eigenvalue weighted by atomic mass is 16.3. The zero-order valence-corrected chi connectivity index (χ0v) is 13.9. The van der Waals surface area contributed by atoms with Gasteiger partial charge in [-0.3, -0.25) is 0 Å². The Bertz CT molecular complexity index is 291. The molecule has 0 bridgehead atoms. The predicted molar refractivity (Wildman–Crippen MR) is 86.4 cm³/mol. The molecule has 1 rings (SSSR count). The lowest BCUT2D eigenvalue weighted by molar-refractivity contribution is 0.194. The van der Waals surface area contributed by atoms with Crippen LogP contribution in [-0.2, 0) is 0 Å². The average molecular weight is 299 g/mol. The molecule has 0 aliphatic heterocycles. The van der Waals surface area contributed by atoms with E-state index in [1.807, 2.05) is 21.0 Å². The van der Waals surface area contributed by atoms with E-state index in [0.29, 0.717) is 12.3 Å². The standard InChI is InChI=1S/C16H33N3O2/c1-13(9-11-19(2)3)17-16(21)18-15(10-12-20)14-7-5-4-6-8-14/h13-15,20H,4-12H2,1-3H3,(H2,17,18,21). The lowest BCUT2D eigenvalue weighted by Gasteiger charge is -2.31. The minimum atomic E-state index is -0.0923. The van der Waals surface area contributed by atoms with Crippen LogP contribution < -0.4 is 10.6 Å². The second kappa shape index (κ2) is 10.0. The maximum Gasteiger partial charge on any atom is 0.315 e. The van der Waals surface area contributed by atoms with Crippen LogP contribution in [0.5, 0.6) is 0 Å². The molecule has 0 heterocycles. The molecule has 1 saturated carbocycles. The Kier molecular flexibility index (Phi) is 8.69. The van der Waals surface area contributed by atoms with Gasteiger partial charge in [0.2, 0.25) is 0 Å². The predicted octanol–water partition coefficient (Wildman–Crippen LogP) is 1.96. The fourth-order valence-corrected chi connectivity index (χ4v) is 3.06. The summed E-state index contributed by atoms with van der Waals surface area (Å²) in [4.78, 5) is 14.2. The Balaban J connectivity index is 2.37. The van der Waals surface area contributed by atoms with Crippen LogP contribution in [0.3, 0.4) is 0 Å². The first kappa shape index (κ1) is 18.2. The van der Waals surface area contributed by atoms with Gasteiger partial charge in [-0.05, 0) is 59.2 Å². The molecule has 5 heteroatoms. The van der Waals surface area contributed by atoms with E-state index in [0.717, 1.165) is 13.0 Å². The van der Waals surface area contributed by atoms with Crippen molar-refractivity contribution in [1.29, 1.82) is 0 Å². The van der Waals surface area contributed by atoms with Crippen LogP contribution in [0.2, 0.25) is 0 Å². The lowest BCUT2D eigenvalue weighted by Crippen LogP contribution is -2.49. The van der Waals surface area contributed by atoms with Crippen LogP contribution in [0.1, 0.15) is 51.9 Å². The van der Waals surface area contributed by atoms with Crippen molar-refractivity contribution in [1.82, 2.24) is 15.5 Å². The monoisotopic (exact) mass is 299 g/mol. The molecule has 0 aromatic carbocycles. The van der Waals surface area contributed by atoms with Crippen molar-refractivity contribution < 1.29 is 9.90 Å². The van der Waals surface area contributed by atoms with Crippen LogP contribution in [0.4, 0.5) is 4.79 Å². The van der Waals surface area contributed by atoms with Crippen LogP contribution in [0, 0.1) is 5.92 Å². The Hall–Kier alpha value is -0.810. The Labute approximate surface area is 129 Å². The first-order valence-electron chi connectivity index (χ1n) is 8.35. The molecule has 2 amide bonds. The van der Waals surface area contributed by atoms with Gasteiger partial charge in [0.1, 0.15) is 0 Å². The third kappa shape index (κ3) is 7.67. The Morgan fingerprint density at radius 1 is 1.19 bits per heavy atom. The van der Waals surface area contributed by atoms with Crippen LogP contribution in [-0.4, -0.2) is 55.4 Å². The van der Waals surface area contributed by atoms with Crippen LogP contribution in [0.15, 0.2) is 0 Å². The number of aliphatic hydroxyl groups excluding tert-OH is 1. The first-order chi connectivity index (χ1) is 10.0. The highest BCUT2D eigenvalue weighted by molar-refractivity contribution is 5.74. The summed E-state index contributed by atoms with van der Waals surface area (Å²) in [5.74, 6) is 0.522. The Morgan fingerprint density at radius 2 is 1.86 bits per heavy atom. The van der Waals surface area contributed by atoms with E-state index in [2.05, 4.69) is 15.5 Å². The largest absolute Gasteiger partial charge is 0.396 e. The third-order valence-corrected chi connectivity index (χ3v) is 4.36. The maximum absolute atomic E-state index is 12.1. The van der Waals surface area contributed by atoms with E-state index in [-0.39, 0.29) is 24.7 Å². The summed E-state index contributed by atoms with van der Waals surface area (Å²) in [5.41, 5.74) is 0. The van der Waals surface area contributed by atoms with Gasteiger partial charge in [-0.1, -0.05) is 19.3 Å². The van der Waals surface area contributed by atoms with Gasteiger partial charge in [0.25, 0.3) is 0 Å². The summed E-state index contributed by atoms with van der Waals surface area (Å²) >= 11 is 0.